The Morgan fingerprint density at radius 2 is 1.25 bits per heavy atom. The fourth-order valence-electron chi connectivity index (χ4n) is 0. The molecule has 4 heavy (non-hydrogen) atoms. The van der Waals surface area contributed by atoms with Gasteiger partial charge in [-0.2, -0.15) is 0 Å². The smallest absolute Gasteiger partial charge is 0.339 e. The Morgan fingerprint density at radius 3 is 1.25 bits per heavy atom. The van der Waals surface area contributed by atoms with Gasteiger partial charge in [-0.15, -0.1) is 0 Å². The van der Waals surface area contributed by atoms with E-state index in [-0.39, 0.29) is 18.9 Å². The molecule has 0 N–H and O–H groups in total. The first-order chi connectivity index (χ1) is 1.41. The number of hydrogen-bond acceptors (Lipinski definition) is 0. The maximum atomic E-state index is 9.25. The summed E-state index contributed by atoms with van der Waals surface area (Å²) in [4.78, 5) is 0. The van der Waals surface area contributed by atoms with Crippen molar-refractivity contribution in [1.29, 1.82) is 0 Å². The molecule has 0 aliphatic rings. The summed E-state index contributed by atoms with van der Waals surface area (Å²) in [7, 11) is 0. The van der Waals surface area contributed by atoms with Crippen molar-refractivity contribution in [2.45, 2.75) is 0 Å². The largest absolute Gasteiger partial charge is 1.00 e. The van der Waals surface area contributed by atoms with Crippen molar-refractivity contribution in [3.05, 3.63) is 5.76 Å². The molecule has 0 saturated heterocycles. The van der Waals surface area contributed by atoms with E-state index in [4.69, 9.17) is 0 Å². The molecule has 1 nitrogen and oxygen atoms in total. The van der Waals surface area contributed by atoms with Gasteiger partial charge in [0, 0.05) is 0 Å². The van der Waals surface area contributed by atoms with E-state index in [0.29, 0.717) is 5.76 Å². The van der Waals surface area contributed by atoms with Crippen molar-refractivity contribution in [1.82, 2.24) is 0 Å². The van der Waals surface area contributed by atoms with E-state index in [1.807, 2.05) is 0 Å². The molecule has 0 aromatic heterocycles. The van der Waals surface area contributed by atoms with Crippen molar-refractivity contribution in [3.63, 3.8) is 0 Å². The van der Waals surface area contributed by atoms with Gasteiger partial charge in [-0.3, -0.25) is 0 Å². The summed E-state index contributed by atoms with van der Waals surface area (Å²) in [5.41, 5.74) is 0. The Hall–Kier alpha value is 0.417. The third-order valence-electron chi connectivity index (χ3n) is 0. The van der Waals surface area contributed by atoms with Crippen LogP contribution < -0.4 is 18.9 Å². The fourth-order valence-corrected chi connectivity index (χ4v) is 0. The van der Waals surface area contributed by atoms with E-state index >= 15 is 0 Å². The zero-order valence-corrected chi connectivity index (χ0v) is 2.20. The van der Waals surface area contributed by atoms with Crippen molar-refractivity contribution < 1.29 is 27.8 Å². The van der Waals surface area contributed by atoms with E-state index in [2.05, 4.69) is 0 Å². The van der Waals surface area contributed by atoms with Gasteiger partial charge in [0.25, 0.3) is 0 Å². The first kappa shape index (κ1) is 8.83. The molecule has 0 aliphatic carbocycles. The van der Waals surface area contributed by atoms with Gasteiger partial charge in [0.2, 0.25) is 0 Å². The predicted molar refractivity (Wildman–Crippen MR) is 5.58 cm³/mol. The molecule has 0 rings (SSSR count). The summed E-state index contributed by atoms with van der Waals surface area (Å²) in [5, 5.41) is 0. The first-order valence-electron chi connectivity index (χ1n) is 0.338. The molecule has 0 amide bonds. The SMILES string of the molecule is F[N-]F.[Li+]. The summed E-state index contributed by atoms with van der Waals surface area (Å²) >= 11 is 0. The Bertz CT molecular complexity index is 6.00. The minimum atomic E-state index is 0. The maximum absolute atomic E-state index is 9.25. The number of rotatable bonds is 0. The van der Waals surface area contributed by atoms with Gasteiger partial charge in [0.1, 0.15) is 0 Å². The van der Waals surface area contributed by atoms with Crippen LogP contribution in [-0.2, 0) is 0 Å². The predicted octanol–water partition coefficient (Wildman–Crippen LogP) is -1.87. The van der Waals surface area contributed by atoms with E-state index in [1.165, 1.54) is 0 Å². The van der Waals surface area contributed by atoms with E-state index in [1.54, 1.807) is 0 Å². The van der Waals surface area contributed by atoms with Crippen LogP contribution >= 0.6 is 0 Å². The fraction of sp³-hybridized carbons (Fsp3) is 0. The number of hydrogen-bond donors (Lipinski definition) is 0. The van der Waals surface area contributed by atoms with Gasteiger partial charge >= 0.3 is 18.9 Å². The molecule has 0 unspecified atom stereocenters. The minimum Gasteiger partial charge on any atom is -0.339 e. The molecule has 4 heteroatoms. The van der Waals surface area contributed by atoms with Gasteiger partial charge in [-0.05, 0) is 0 Å². The third kappa shape index (κ3) is 27.9. The summed E-state index contributed by atoms with van der Waals surface area (Å²) in [6.45, 7) is 0. The first-order valence-corrected chi connectivity index (χ1v) is 0.338. The van der Waals surface area contributed by atoms with Crippen LogP contribution in [0.4, 0.5) is 8.96 Å². The third-order valence-corrected chi connectivity index (χ3v) is 0. The average Bonchev–Trinajstić information content (AvgIpc) is 0.918. The van der Waals surface area contributed by atoms with Crippen molar-refractivity contribution in [2.24, 2.45) is 0 Å². The molecule has 0 radical (unpaired) electrons. The molecule has 0 spiro atoms. The quantitative estimate of drug-likeness (QED) is 0.290. The second kappa shape index (κ2) is 9.94. The molecular weight excluding hydrogens is 58.9 g/mol. The molecule has 0 heterocycles. The maximum Gasteiger partial charge on any atom is 1.00 e. The van der Waals surface area contributed by atoms with Gasteiger partial charge in [0.05, 0.1) is 0 Å². The molecule has 0 aliphatic heterocycles. The van der Waals surface area contributed by atoms with Gasteiger partial charge in [-0.1, -0.05) is 0 Å². The van der Waals surface area contributed by atoms with Crippen LogP contribution in [0.3, 0.4) is 0 Å². The number of halogens is 2. The van der Waals surface area contributed by atoms with Crippen LogP contribution in [0.15, 0.2) is 0 Å². The van der Waals surface area contributed by atoms with E-state index in [0.717, 1.165) is 0 Å². The van der Waals surface area contributed by atoms with Crippen LogP contribution in [0.1, 0.15) is 0 Å². The minimum absolute atomic E-state index is 0. The molecule has 0 fully saturated rings. The van der Waals surface area contributed by atoms with Crippen LogP contribution in [0.5, 0.6) is 0 Å². The monoisotopic (exact) mass is 59.0 g/mol. The summed E-state index contributed by atoms with van der Waals surface area (Å²) in [6, 6.07) is 0. The second-order valence-corrected chi connectivity index (χ2v) is 0.0639. The number of nitrogens with zero attached hydrogens (tertiary/aromatic N) is 1. The second-order valence-electron chi connectivity index (χ2n) is 0.0639. The Morgan fingerprint density at radius 1 is 1.25 bits per heavy atom. The van der Waals surface area contributed by atoms with E-state index in [9.17, 15) is 8.96 Å². The molecule has 0 aromatic carbocycles. The van der Waals surface area contributed by atoms with Crippen LogP contribution in [-0.4, -0.2) is 0 Å². The van der Waals surface area contributed by atoms with Gasteiger partial charge in [-0.25, -0.2) is 0 Å². The zero-order valence-electron chi connectivity index (χ0n) is 2.20. The Kier molecular flexibility index (Phi) is 21.9. The molecule has 20 valence electrons. The molecular formula is F2LiN. The van der Waals surface area contributed by atoms with Gasteiger partial charge in [0.15, 0.2) is 0 Å². The topological polar surface area (TPSA) is 14.1 Å². The molecule has 0 saturated carbocycles. The van der Waals surface area contributed by atoms with Crippen molar-refractivity contribution in [3.8, 4) is 0 Å². The van der Waals surface area contributed by atoms with Crippen molar-refractivity contribution in [2.75, 3.05) is 0 Å². The summed E-state index contributed by atoms with van der Waals surface area (Å²) in [5.74, 6) is 0.500. The Labute approximate surface area is 34.4 Å². The average molecular weight is 58.9 g/mol. The normalized spacial score (nSPS) is 4.50. The summed E-state index contributed by atoms with van der Waals surface area (Å²) < 4.78 is 18.5. The zero-order chi connectivity index (χ0) is 2.71. The molecule has 0 aromatic rings. The molecule has 0 atom stereocenters. The van der Waals surface area contributed by atoms with Crippen molar-refractivity contribution >= 4 is 0 Å². The van der Waals surface area contributed by atoms with Crippen LogP contribution in [0.2, 0.25) is 0 Å². The Balaban J connectivity index is 0. The molecule has 0 bridgehead atoms. The summed E-state index contributed by atoms with van der Waals surface area (Å²) in [6.07, 6.45) is 0. The van der Waals surface area contributed by atoms with Gasteiger partial charge < -0.3 is 14.7 Å². The van der Waals surface area contributed by atoms with Crippen LogP contribution in [0.25, 0.3) is 5.76 Å². The standard InChI is InChI=1S/F2N.Li/c1-3-2;/q-1;+1. The van der Waals surface area contributed by atoms with E-state index < -0.39 is 0 Å². The van der Waals surface area contributed by atoms with Crippen LogP contribution in [0, 0.1) is 0 Å².